The van der Waals surface area contributed by atoms with Crippen LogP contribution in [0.2, 0.25) is 10.2 Å². The molecule has 0 saturated carbocycles. The van der Waals surface area contributed by atoms with E-state index in [0.717, 1.165) is 10.9 Å². The zero-order valence-electron chi connectivity index (χ0n) is 20.3. The number of halogens is 4. The Balaban J connectivity index is 1.35. The molecule has 0 spiro atoms. The van der Waals surface area contributed by atoms with Gasteiger partial charge in [-0.3, -0.25) is 19.9 Å². The fourth-order valence-corrected chi connectivity index (χ4v) is 5.36. The Morgan fingerprint density at radius 3 is 2.62 bits per heavy atom. The first-order valence-electron chi connectivity index (χ1n) is 11.3. The zero-order valence-corrected chi connectivity index (χ0v) is 22.7. The van der Waals surface area contributed by atoms with Gasteiger partial charge in [-0.25, -0.2) is 23.7 Å². The molecule has 0 bridgehead atoms. The number of alkyl halides is 2. The van der Waals surface area contributed by atoms with Crippen molar-refractivity contribution in [2.24, 2.45) is 0 Å². The minimum absolute atomic E-state index is 0.0183. The highest BCUT2D eigenvalue weighted by atomic mass is 35.5. The molecular weight excluding hydrogens is 573 g/mol. The fraction of sp³-hybridized carbons (Fsp3) is 0.200. The van der Waals surface area contributed by atoms with E-state index in [0.29, 0.717) is 33.4 Å². The number of nitrogens with one attached hydrogen (secondary N) is 1. The Morgan fingerprint density at radius 1 is 1.10 bits per heavy atom. The second-order valence-corrected chi connectivity index (χ2v) is 10.3. The number of methoxy groups -OCH3 is 1. The number of hydrogen-bond donors (Lipinski definition) is 1. The van der Waals surface area contributed by atoms with Crippen LogP contribution in [0.15, 0.2) is 36.7 Å². The zero-order chi connectivity index (χ0) is 27.8. The third-order valence-electron chi connectivity index (χ3n) is 5.88. The van der Waals surface area contributed by atoms with Gasteiger partial charge in [0.2, 0.25) is 0 Å². The first kappa shape index (κ1) is 26.9. The number of nitrogens with zero attached hydrogens (tertiary/aromatic N) is 5. The van der Waals surface area contributed by atoms with Gasteiger partial charge in [0.05, 0.1) is 47.6 Å². The lowest BCUT2D eigenvalue weighted by Crippen LogP contribution is -2.27. The summed E-state index contributed by atoms with van der Waals surface area (Å²) in [6.45, 7) is 2.08. The van der Waals surface area contributed by atoms with Crippen molar-refractivity contribution < 1.29 is 23.1 Å². The quantitative estimate of drug-likeness (QED) is 0.276. The largest absolute Gasteiger partial charge is 0.494 e. The smallest absolute Gasteiger partial charge is 0.280 e. The molecule has 0 radical (unpaired) electrons. The Bertz CT molecular complexity index is 1590. The van der Waals surface area contributed by atoms with Gasteiger partial charge in [-0.15, -0.1) is 0 Å². The average molecular weight is 591 g/mol. The standard InChI is InChI=1S/C25H18Cl2F2N6O3S/c1-11-5-12(13-6-20(27)31-8-18(13)38-2)14(7-30-11)23(36)34-25-33-17-9-35(10-19(17)39-25)24(37)21-15(26)3-4-16(32-21)22(28)29/h3-8,22H,9-10H2,1-2H3,(H,33,34,36). The first-order chi connectivity index (χ1) is 18.6. The molecule has 2 amide bonds. The summed E-state index contributed by atoms with van der Waals surface area (Å²) >= 11 is 13.4. The van der Waals surface area contributed by atoms with Crippen molar-refractivity contribution in [1.82, 2.24) is 24.8 Å². The molecule has 0 atom stereocenters. The molecule has 1 aliphatic rings. The van der Waals surface area contributed by atoms with Crippen molar-refractivity contribution in [3.8, 4) is 16.9 Å². The Labute approximate surface area is 234 Å². The SMILES string of the molecule is COc1cnc(Cl)cc1-c1cc(C)ncc1C(=O)Nc1nc2c(s1)CN(C(=O)c1nc(C(F)F)ccc1Cl)C2. The highest BCUT2D eigenvalue weighted by Crippen LogP contribution is 2.36. The van der Waals surface area contributed by atoms with E-state index in [2.05, 4.69) is 25.3 Å². The van der Waals surface area contributed by atoms with Crippen molar-refractivity contribution in [3.63, 3.8) is 0 Å². The van der Waals surface area contributed by atoms with Crippen LogP contribution < -0.4 is 10.1 Å². The number of fused-ring (bicyclic) bond motifs is 1. The van der Waals surface area contributed by atoms with E-state index in [4.69, 9.17) is 27.9 Å². The third kappa shape index (κ3) is 5.40. The number of carbonyl (C=O) groups is 2. The van der Waals surface area contributed by atoms with Crippen molar-refractivity contribution in [2.45, 2.75) is 26.4 Å². The number of carbonyl (C=O) groups excluding carboxylic acids is 2. The molecule has 39 heavy (non-hydrogen) atoms. The van der Waals surface area contributed by atoms with Crippen LogP contribution in [0.25, 0.3) is 11.1 Å². The normalized spacial score (nSPS) is 12.5. The Morgan fingerprint density at radius 2 is 1.90 bits per heavy atom. The fourth-order valence-electron chi connectivity index (χ4n) is 4.03. The highest BCUT2D eigenvalue weighted by molar-refractivity contribution is 7.16. The molecule has 14 heteroatoms. The van der Waals surface area contributed by atoms with Gasteiger partial charge in [-0.1, -0.05) is 34.5 Å². The number of anilines is 1. The molecule has 5 rings (SSSR count). The summed E-state index contributed by atoms with van der Waals surface area (Å²) < 4.78 is 31.5. The molecule has 200 valence electrons. The van der Waals surface area contributed by atoms with E-state index in [1.54, 1.807) is 19.1 Å². The van der Waals surface area contributed by atoms with Crippen molar-refractivity contribution in [1.29, 1.82) is 0 Å². The number of pyridine rings is 3. The molecule has 0 unspecified atom stereocenters. The number of hydrogen-bond acceptors (Lipinski definition) is 8. The summed E-state index contributed by atoms with van der Waals surface area (Å²) in [5.74, 6) is -0.600. The number of rotatable bonds is 6. The van der Waals surface area contributed by atoms with E-state index in [9.17, 15) is 18.4 Å². The minimum atomic E-state index is -2.83. The summed E-state index contributed by atoms with van der Waals surface area (Å²) in [7, 11) is 1.49. The van der Waals surface area contributed by atoms with Gasteiger partial charge in [0, 0.05) is 23.0 Å². The van der Waals surface area contributed by atoms with Gasteiger partial charge in [0.1, 0.15) is 22.3 Å². The van der Waals surface area contributed by atoms with Gasteiger partial charge in [0.25, 0.3) is 18.2 Å². The summed E-state index contributed by atoms with van der Waals surface area (Å²) in [6.07, 6.45) is 0.0995. The van der Waals surface area contributed by atoms with Crippen molar-refractivity contribution >= 4 is 51.5 Å². The molecule has 4 aromatic heterocycles. The minimum Gasteiger partial charge on any atom is -0.494 e. The van der Waals surface area contributed by atoms with Crippen LogP contribution in [0.1, 0.15) is 49.2 Å². The van der Waals surface area contributed by atoms with E-state index in [1.807, 2.05) is 0 Å². The van der Waals surface area contributed by atoms with E-state index in [-0.39, 0.29) is 34.5 Å². The average Bonchev–Trinajstić information content (AvgIpc) is 3.47. The Hall–Kier alpha value is -3.74. The second-order valence-electron chi connectivity index (χ2n) is 8.45. The van der Waals surface area contributed by atoms with Crippen LogP contribution in [0.4, 0.5) is 13.9 Å². The molecule has 5 heterocycles. The summed E-state index contributed by atoms with van der Waals surface area (Å²) in [5, 5.41) is 3.34. The van der Waals surface area contributed by atoms with Crippen molar-refractivity contribution in [2.75, 3.05) is 12.4 Å². The summed E-state index contributed by atoms with van der Waals surface area (Å²) in [4.78, 5) is 44.9. The van der Waals surface area contributed by atoms with Crippen LogP contribution in [0, 0.1) is 6.92 Å². The van der Waals surface area contributed by atoms with Crippen LogP contribution in [-0.4, -0.2) is 43.8 Å². The van der Waals surface area contributed by atoms with Crippen LogP contribution >= 0.6 is 34.5 Å². The maximum Gasteiger partial charge on any atom is 0.280 e. The topological polar surface area (TPSA) is 110 Å². The number of amides is 2. The molecule has 4 aromatic rings. The lowest BCUT2D eigenvalue weighted by Gasteiger charge is -2.16. The Kier molecular flexibility index (Phi) is 7.43. The molecule has 0 aliphatic carbocycles. The molecular formula is C25H18Cl2F2N6O3S. The first-order valence-corrected chi connectivity index (χ1v) is 12.9. The second kappa shape index (κ2) is 10.8. The van der Waals surface area contributed by atoms with Crippen LogP contribution in [0.5, 0.6) is 5.75 Å². The monoisotopic (exact) mass is 590 g/mol. The van der Waals surface area contributed by atoms with Gasteiger partial charge < -0.3 is 9.64 Å². The summed E-state index contributed by atoms with van der Waals surface area (Å²) in [5.41, 5.74) is 1.89. The predicted molar refractivity (Wildman–Crippen MR) is 142 cm³/mol. The highest BCUT2D eigenvalue weighted by Gasteiger charge is 2.31. The van der Waals surface area contributed by atoms with E-state index in [1.165, 1.54) is 41.8 Å². The third-order valence-corrected chi connectivity index (χ3v) is 7.39. The number of thiazole rings is 1. The molecule has 1 aliphatic heterocycles. The van der Waals surface area contributed by atoms with Gasteiger partial charge >= 0.3 is 0 Å². The van der Waals surface area contributed by atoms with Crippen LogP contribution in [0.3, 0.4) is 0 Å². The molecule has 0 aromatic carbocycles. The van der Waals surface area contributed by atoms with Crippen molar-refractivity contribution in [3.05, 3.63) is 80.1 Å². The maximum atomic E-state index is 13.3. The van der Waals surface area contributed by atoms with E-state index >= 15 is 0 Å². The van der Waals surface area contributed by atoms with E-state index < -0.39 is 23.9 Å². The summed E-state index contributed by atoms with van der Waals surface area (Å²) in [6, 6.07) is 5.66. The predicted octanol–water partition coefficient (Wildman–Crippen LogP) is 5.96. The van der Waals surface area contributed by atoms with Gasteiger partial charge in [-0.05, 0) is 31.2 Å². The number of ether oxygens (including phenoxy) is 1. The lowest BCUT2D eigenvalue weighted by molar-refractivity contribution is 0.0743. The number of aromatic nitrogens is 4. The lowest BCUT2D eigenvalue weighted by atomic mass is 10.0. The maximum absolute atomic E-state index is 13.3. The van der Waals surface area contributed by atoms with Gasteiger partial charge in [0.15, 0.2) is 5.13 Å². The van der Waals surface area contributed by atoms with Crippen LogP contribution in [-0.2, 0) is 13.1 Å². The molecule has 0 saturated heterocycles. The molecule has 0 fully saturated rings. The molecule has 9 nitrogen and oxygen atoms in total. The van der Waals surface area contributed by atoms with Gasteiger partial charge in [-0.2, -0.15) is 0 Å². The molecule has 1 N–H and O–H groups in total. The number of aryl methyl sites for hydroxylation is 1.